The number of piperidine rings is 1. The van der Waals surface area contributed by atoms with Crippen molar-refractivity contribution in [2.24, 2.45) is 0 Å². The summed E-state index contributed by atoms with van der Waals surface area (Å²) in [4.78, 5) is 25.3. The molecule has 1 aromatic heterocycles. The lowest BCUT2D eigenvalue weighted by atomic mass is 10.1. The number of alkyl halides is 6. The molecule has 18 heteroatoms. The van der Waals surface area contributed by atoms with Crippen LogP contribution in [0.3, 0.4) is 0 Å². The van der Waals surface area contributed by atoms with E-state index in [1.54, 1.807) is 17.0 Å². The predicted octanol–water partition coefficient (Wildman–Crippen LogP) is 4.97. The lowest BCUT2D eigenvalue weighted by molar-refractivity contribution is -0.154. The van der Waals surface area contributed by atoms with Crippen LogP contribution in [0.15, 0.2) is 53.4 Å². The zero-order valence-corrected chi connectivity index (χ0v) is 24.2. The summed E-state index contributed by atoms with van der Waals surface area (Å²) in [7, 11) is -3.85. The standard InChI is InChI=1S/C27H27F6N7O4S/c28-26(29,30)16-44-25-37-23(36-24(38-25)35-19-4-1-3-17(15-19)27(31,32)33)34-18-10-13-39(14-11-18)45(42,43)21-8-6-20(7-9-21)40-12-2-5-22(40)41/h1,3-4,6-9,15,18H,2,5,10-14,16H2,(H2,34,35,36,37,38). The zero-order valence-electron chi connectivity index (χ0n) is 23.4. The fraction of sp³-hybridized carbons (Fsp3) is 0.407. The molecule has 0 radical (unpaired) electrons. The van der Waals surface area contributed by atoms with E-state index in [4.69, 9.17) is 0 Å². The van der Waals surface area contributed by atoms with E-state index in [1.165, 1.54) is 22.5 Å². The van der Waals surface area contributed by atoms with Crippen molar-refractivity contribution in [3.8, 4) is 6.01 Å². The molecule has 0 aliphatic carbocycles. The lowest BCUT2D eigenvalue weighted by Crippen LogP contribution is -2.42. The molecule has 45 heavy (non-hydrogen) atoms. The van der Waals surface area contributed by atoms with Gasteiger partial charge in [-0.1, -0.05) is 6.07 Å². The van der Waals surface area contributed by atoms with Gasteiger partial charge in [0.05, 0.1) is 10.5 Å². The monoisotopic (exact) mass is 659 g/mol. The van der Waals surface area contributed by atoms with Crippen molar-refractivity contribution in [3.05, 3.63) is 54.1 Å². The Bertz CT molecular complexity index is 1630. The molecule has 11 nitrogen and oxygen atoms in total. The molecule has 2 saturated heterocycles. The number of carbonyl (C=O) groups excluding carboxylic acids is 1. The van der Waals surface area contributed by atoms with E-state index in [9.17, 15) is 39.6 Å². The molecule has 2 aliphatic heterocycles. The van der Waals surface area contributed by atoms with Gasteiger partial charge in [0, 0.05) is 43.5 Å². The summed E-state index contributed by atoms with van der Waals surface area (Å²) in [6.07, 6.45) is -7.60. The van der Waals surface area contributed by atoms with Gasteiger partial charge < -0.3 is 20.3 Å². The Morgan fingerprint density at radius 2 is 1.60 bits per heavy atom. The van der Waals surface area contributed by atoms with Gasteiger partial charge in [0.2, 0.25) is 27.8 Å². The molecule has 0 saturated carbocycles. The molecule has 242 valence electrons. The van der Waals surface area contributed by atoms with Gasteiger partial charge in [0.25, 0.3) is 0 Å². The second-order valence-electron chi connectivity index (χ2n) is 10.3. The summed E-state index contributed by atoms with van der Waals surface area (Å²) < 4.78 is 110. The number of anilines is 4. The van der Waals surface area contributed by atoms with E-state index in [-0.39, 0.29) is 54.3 Å². The topological polar surface area (TPSA) is 130 Å². The second-order valence-corrected chi connectivity index (χ2v) is 12.3. The molecule has 2 aromatic carbocycles. The van der Waals surface area contributed by atoms with Crippen LogP contribution in [0.1, 0.15) is 31.2 Å². The highest BCUT2D eigenvalue weighted by atomic mass is 32.2. The molecular formula is C27H27F6N7O4S. The van der Waals surface area contributed by atoms with Gasteiger partial charge in [0.1, 0.15) is 0 Å². The highest BCUT2D eigenvalue weighted by Crippen LogP contribution is 2.32. The van der Waals surface area contributed by atoms with E-state index < -0.39 is 46.6 Å². The second kappa shape index (κ2) is 12.7. The Hall–Kier alpha value is -4.19. The third-order valence-electron chi connectivity index (χ3n) is 7.07. The van der Waals surface area contributed by atoms with Crippen molar-refractivity contribution in [1.29, 1.82) is 0 Å². The van der Waals surface area contributed by atoms with Crippen molar-refractivity contribution < 1.29 is 44.3 Å². The van der Waals surface area contributed by atoms with Gasteiger partial charge in [0.15, 0.2) is 6.61 Å². The average Bonchev–Trinajstić information content (AvgIpc) is 3.41. The molecule has 0 spiro atoms. The minimum absolute atomic E-state index is 0.0176. The number of hydrogen-bond acceptors (Lipinski definition) is 9. The number of amides is 1. The van der Waals surface area contributed by atoms with Crippen LogP contribution in [-0.2, 0) is 21.0 Å². The Morgan fingerprint density at radius 1 is 0.911 bits per heavy atom. The molecule has 0 bridgehead atoms. The first-order valence-corrected chi connectivity index (χ1v) is 15.2. The van der Waals surface area contributed by atoms with Crippen molar-refractivity contribution in [2.75, 3.05) is 41.8 Å². The maximum atomic E-state index is 13.3. The number of benzene rings is 2. The van der Waals surface area contributed by atoms with E-state index in [2.05, 4.69) is 30.3 Å². The summed E-state index contributed by atoms with van der Waals surface area (Å²) in [6.45, 7) is -0.940. The normalized spacial score (nSPS) is 17.0. The van der Waals surface area contributed by atoms with Crippen LogP contribution < -0.4 is 20.3 Å². The first-order valence-electron chi connectivity index (χ1n) is 13.7. The van der Waals surface area contributed by atoms with Gasteiger partial charge in [-0.05, 0) is 61.7 Å². The quantitative estimate of drug-likeness (QED) is 0.306. The Kier molecular flexibility index (Phi) is 9.06. The van der Waals surface area contributed by atoms with Crippen molar-refractivity contribution in [1.82, 2.24) is 19.3 Å². The van der Waals surface area contributed by atoms with E-state index in [0.29, 0.717) is 18.7 Å². The lowest BCUT2D eigenvalue weighted by Gasteiger charge is -2.31. The van der Waals surface area contributed by atoms with Gasteiger partial charge >= 0.3 is 18.4 Å². The fourth-order valence-electron chi connectivity index (χ4n) is 4.88. The van der Waals surface area contributed by atoms with Gasteiger partial charge in [-0.15, -0.1) is 0 Å². The number of nitrogens with zero attached hydrogens (tertiary/aromatic N) is 5. The van der Waals surface area contributed by atoms with E-state index >= 15 is 0 Å². The Labute approximate surface area is 253 Å². The predicted molar refractivity (Wildman–Crippen MR) is 150 cm³/mol. The van der Waals surface area contributed by atoms with Crippen molar-refractivity contribution in [2.45, 2.75) is 49.0 Å². The molecule has 3 aromatic rings. The fourth-order valence-corrected chi connectivity index (χ4v) is 6.35. The molecule has 2 N–H and O–H groups in total. The molecule has 0 atom stereocenters. The maximum absolute atomic E-state index is 13.3. The minimum Gasteiger partial charge on any atom is -0.454 e. The molecular weight excluding hydrogens is 632 g/mol. The van der Waals surface area contributed by atoms with Crippen LogP contribution in [-0.4, -0.2) is 72.0 Å². The third kappa shape index (κ3) is 8.10. The summed E-state index contributed by atoms with van der Waals surface area (Å²) in [5, 5.41) is 5.46. The number of halogens is 6. The van der Waals surface area contributed by atoms with E-state index in [0.717, 1.165) is 24.6 Å². The van der Waals surface area contributed by atoms with Crippen LogP contribution in [0.5, 0.6) is 6.01 Å². The largest absolute Gasteiger partial charge is 0.454 e. The molecule has 1 amide bonds. The smallest absolute Gasteiger partial charge is 0.422 e. The van der Waals surface area contributed by atoms with Crippen LogP contribution in [0.4, 0.5) is 49.6 Å². The van der Waals surface area contributed by atoms with E-state index in [1.807, 2.05) is 0 Å². The van der Waals surface area contributed by atoms with Crippen molar-refractivity contribution in [3.63, 3.8) is 0 Å². The van der Waals surface area contributed by atoms with Crippen molar-refractivity contribution >= 4 is 39.2 Å². The zero-order chi connectivity index (χ0) is 32.4. The van der Waals surface area contributed by atoms with Crippen LogP contribution >= 0.6 is 0 Å². The SMILES string of the molecule is O=C1CCCN1c1ccc(S(=O)(=O)N2CCC(Nc3nc(Nc4cccc(C(F)(F)F)c4)nc(OCC(F)(F)F)n3)CC2)cc1. The average molecular weight is 660 g/mol. The van der Waals surface area contributed by atoms with Gasteiger partial charge in [-0.25, -0.2) is 8.42 Å². The highest BCUT2D eigenvalue weighted by molar-refractivity contribution is 7.89. The summed E-state index contributed by atoms with van der Waals surface area (Å²) in [5.74, 6) is -0.607. The summed E-state index contributed by atoms with van der Waals surface area (Å²) in [5.41, 5.74) is -0.424. The number of hydrogen-bond donors (Lipinski definition) is 2. The third-order valence-corrected chi connectivity index (χ3v) is 8.99. The molecule has 2 aliphatic rings. The Balaban J connectivity index is 1.26. The summed E-state index contributed by atoms with van der Waals surface area (Å²) >= 11 is 0. The minimum atomic E-state index is -4.71. The number of rotatable bonds is 9. The number of nitrogens with one attached hydrogen (secondary N) is 2. The van der Waals surface area contributed by atoms with Crippen LogP contribution in [0.2, 0.25) is 0 Å². The maximum Gasteiger partial charge on any atom is 0.422 e. The number of sulfonamides is 1. The molecule has 0 unspecified atom stereocenters. The van der Waals surface area contributed by atoms with Gasteiger partial charge in [-0.2, -0.15) is 45.6 Å². The number of ether oxygens (including phenoxy) is 1. The molecule has 5 rings (SSSR count). The van der Waals surface area contributed by atoms with Gasteiger partial charge in [-0.3, -0.25) is 4.79 Å². The Morgan fingerprint density at radius 3 is 2.22 bits per heavy atom. The van der Waals surface area contributed by atoms with Crippen LogP contribution in [0, 0.1) is 0 Å². The number of carbonyl (C=O) groups is 1. The number of aromatic nitrogens is 3. The van der Waals surface area contributed by atoms with Crippen LogP contribution in [0.25, 0.3) is 0 Å². The molecule has 3 heterocycles. The first kappa shape index (κ1) is 32.2. The first-order chi connectivity index (χ1) is 21.2. The molecule has 2 fully saturated rings. The highest BCUT2D eigenvalue weighted by Gasteiger charge is 2.33. The summed E-state index contributed by atoms with van der Waals surface area (Å²) in [6, 6.07) is 9.01.